The minimum absolute atomic E-state index is 0.0413. The monoisotopic (exact) mass is 250 g/mol. The van der Waals surface area contributed by atoms with Gasteiger partial charge in [0.2, 0.25) is 0 Å². The molecule has 0 aliphatic carbocycles. The summed E-state index contributed by atoms with van der Waals surface area (Å²) in [4.78, 5) is 0. The van der Waals surface area contributed by atoms with Crippen molar-refractivity contribution < 1.29 is 24.4 Å². The molecule has 5 nitrogen and oxygen atoms in total. The van der Waals surface area contributed by atoms with Gasteiger partial charge in [-0.15, -0.1) is 26.3 Å². The average Bonchev–Trinajstić information content (AvgIpc) is 2.42. The Hall–Kier alpha value is -0.720. The van der Waals surface area contributed by atoms with E-state index in [0.29, 0.717) is 39.6 Å². The van der Waals surface area contributed by atoms with Crippen LogP contribution in [0, 0.1) is 0 Å². The van der Waals surface area contributed by atoms with Crippen molar-refractivity contribution in [3.05, 3.63) is 26.3 Å². The quantitative estimate of drug-likeness (QED) is 0.439. The SMILES string of the molecule is C=C.C=C.OCCOCCOCCOCCO. The van der Waals surface area contributed by atoms with Gasteiger partial charge < -0.3 is 24.4 Å². The van der Waals surface area contributed by atoms with Gasteiger partial charge in [-0.05, 0) is 0 Å². The highest BCUT2D eigenvalue weighted by Gasteiger charge is 1.89. The fourth-order valence-electron chi connectivity index (χ4n) is 0.671. The Morgan fingerprint density at radius 1 is 0.529 bits per heavy atom. The summed E-state index contributed by atoms with van der Waals surface area (Å²) in [6.07, 6.45) is 0. The normalized spacial score (nSPS) is 8.59. The number of rotatable bonds is 10. The molecule has 17 heavy (non-hydrogen) atoms. The van der Waals surface area contributed by atoms with E-state index >= 15 is 0 Å². The van der Waals surface area contributed by atoms with Crippen molar-refractivity contribution in [1.82, 2.24) is 0 Å². The molecule has 0 unspecified atom stereocenters. The third kappa shape index (κ3) is 31.3. The topological polar surface area (TPSA) is 68.2 Å². The van der Waals surface area contributed by atoms with Crippen molar-refractivity contribution in [1.29, 1.82) is 0 Å². The van der Waals surface area contributed by atoms with Crippen molar-refractivity contribution in [2.24, 2.45) is 0 Å². The average molecular weight is 250 g/mol. The molecule has 0 aromatic heterocycles. The van der Waals surface area contributed by atoms with Crippen LogP contribution in [0.4, 0.5) is 0 Å². The number of hydrogen-bond donors (Lipinski definition) is 2. The summed E-state index contributed by atoms with van der Waals surface area (Å²) < 4.78 is 15.0. The second-order valence-corrected chi connectivity index (χ2v) is 2.28. The van der Waals surface area contributed by atoms with Gasteiger partial charge in [-0.1, -0.05) is 0 Å². The van der Waals surface area contributed by atoms with E-state index in [4.69, 9.17) is 24.4 Å². The van der Waals surface area contributed by atoms with E-state index in [1.807, 2.05) is 0 Å². The third-order valence-corrected chi connectivity index (χ3v) is 1.22. The van der Waals surface area contributed by atoms with E-state index in [9.17, 15) is 0 Å². The second kappa shape index (κ2) is 29.5. The molecule has 0 rings (SSSR count). The molecule has 0 fully saturated rings. The molecule has 2 N–H and O–H groups in total. The zero-order chi connectivity index (χ0) is 13.8. The molecule has 0 aromatic rings. The van der Waals surface area contributed by atoms with E-state index in [-0.39, 0.29) is 13.2 Å². The molecule has 0 aliphatic rings. The number of aliphatic hydroxyl groups excluding tert-OH is 2. The van der Waals surface area contributed by atoms with E-state index in [2.05, 4.69) is 26.3 Å². The predicted molar refractivity (Wildman–Crippen MR) is 69.1 cm³/mol. The Morgan fingerprint density at radius 3 is 1.00 bits per heavy atom. The fraction of sp³-hybridized carbons (Fsp3) is 0.667. The van der Waals surface area contributed by atoms with Gasteiger partial charge in [-0.3, -0.25) is 0 Å². The van der Waals surface area contributed by atoms with Crippen LogP contribution >= 0.6 is 0 Å². The smallest absolute Gasteiger partial charge is 0.0701 e. The third-order valence-electron chi connectivity index (χ3n) is 1.22. The van der Waals surface area contributed by atoms with Crippen LogP contribution in [0.1, 0.15) is 0 Å². The molecule has 0 spiro atoms. The van der Waals surface area contributed by atoms with E-state index in [0.717, 1.165) is 0 Å². The highest BCUT2D eigenvalue weighted by atomic mass is 16.5. The number of aliphatic hydroxyl groups is 2. The molecule has 0 heterocycles. The van der Waals surface area contributed by atoms with Gasteiger partial charge in [-0.25, -0.2) is 0 Å². The summed E-state index contributed by atoms with van der Waals surface area (Å²) in [5, 5.41) is 16.7. The highest BCUT2D eigenvalue weighted by molar-refractivity contribution is 4.33. The van der Waals surface area contributed by atoms with Gasteiger partial charge in [0.1, 0.15) is 0 Å². The molecule has 5 heteroatoms. The van der Waals surface area contributed by atoms with Crippen molar-refractivity contribution >= 4 is 0 Å². The molecule has 0 amide bonds. The predicted octanol–water partition coefficient (Wildman–Crippen LogP) is 0.625. The Labute approximate surface area is 104 Å². The minimum atomic E-state index is 0.0413. The molecule has 0 aromatic carbocycles. The molecule has 0 saturated heterocycles. The Morgan fingerprint density at radius 2 is 0.765 bits per heavy atom. The van der Waals surface area contributed by atoms with E-state index in [1.54, 1.807) is 0 Å². The Kier molecular flexibility index (Phi) is 37.4. The summed E-state index contributed by atoms with van der Waals surface area (Å²) in [5.74, 6) is 0. The lowest BCUT2D eigenvalue weighted by molar-refractivity contribution is 0.00230. The van der Waals surface area contributed by atoms with Crippen LogP contribution in [-0.2, 0) is 14.2 Å². The van der Waals surface area contributed by atoms with Gasteiger partial charge in [0.25, 0.3) is 0 Å². The maximum absolute atomic E-state index is 8.36. The molecule has 0 atom stereocenters. The Bertz CT molecular complexity index is 99.1. The molecule has 0 radical (unpaired) electrons. The van der Waals surface area contributed by atoms with Crippen LogP contribution in [0.15, 0.2) is 26.3 Å². The van der Waals surface area contributed by atoms with Crippen LogP contribution in [0.5, 0.6) is 0 Å². The van der Waals surface area contributed by atoms with E-state index in [1.165, 1.54) is 0 Å². The standard InChI is InChI=1S/C8H18O5.2C2H4/c9-1-3-11-5-7-13-8-6-12-4-2-10;2*1-2/h9-10H,1-8H2;2*1-2H2. The summed E-state index contributed by atoms with van der Waals surface area (Å²) >= 11 is 0. The lowest BCUT2D eigenvalue weighted by Gasteiger charge is -2.04. The van der Waals surface area contributed by atoms with Gasteiger partial charge >= 0.3 is 0 Å². The summed E-state index contributed by atoms with van der Waals surface area (Å²) in [7, 11) is 0. The summed E-state index contributed by atoms with van der Waals surface area (Å²) in [6, 6.07) is 0. The van der Waals surface area contributed by atoms with Crippen molar-refractivity contribution in [3.63, 3.8) is 0 Å². The minimum Gasteiger partial charge on any atom is -0.394 e. The first-order chi connectivity index (χ1) is 8.41. The second-order valence-electron chi connectivity index (χ2n) is 2.28. The lowest BCUT2D eigenvalue weighted by atomic mass is 10.7. The van der Waals surface area contributed by atoms with Crippen molar-refractivity contribution in [3.8, 4) is 0 Å². The molecule has 104 valence electrons. The number of ether oxygens (including phenoxy) is 3. The molecule has 0 bridgehead atoms. The zero-order valence-corrected chi connectivity index (χ0v) is 10.6. The van der Waals surface area contributed by atoms with Crippen LogP contribution in [0.3, 0.4) is 0 Å². The first kappa shape index (κ1) is 21.6. The lowest BCUT2D eigenvalue weighted by Crippen LogP contribution is -2.11. The summed E-state index contributed by atoms with van der Waals surface area (Å²) in [6.45, 7) is 14.8. The number of hydrogen-bond acceptors (Lipinski definition) is 5. The van der Waals surface area contributed by atoms with Crippen LogP contribution in [-0.4, -0.2) is 63.1 Å². The van der Waals surface area contributed by atoms with Gasteiger partial charge in [0.15, 0.2) is 0 Å². The first-order valence-electron chi connectivity index (χ1n) is 5.36. The van der Waals surface area contributed by atoms with Crippen LogP contribution < -0.4 is 0 Å². The zero-order valence-electron chi connectivity index (χ0n) is 10.6. The molecular weight excluding hydrogens is 224 g/mol. The molecule has 0 aliphatic heterocycles. The van der Waals surface area contributed by atoms with Gasteiger partial charge in [0.05, 0.1) is 52.9 Å². The van der Waals surface area contributed by atoms with Crippen LogP contribution in [0.25, 0.3) is 0 Å². The molecule has 0 saturated carbocycles. The van der Waals surface area contributed by atoms with Crippen LogP contribution in [0.2, 0.25) is 0 Å². The van der Waals surface area contributed by atoms with Crippen molar-refractivity contribution in [2.75, 3.05) is 52.9 Å². The van der Waals surface area contributed by atoms with Crippen molar-refractivity contribution in [2.45, 2.75) is 0 Å². The van der Waals surface area contributed by atoms with Gasteiger partial charge in [-0.2, -0.15) is 0 Å². The Balaban J connectivity index is -0.000000439. The van der Waals surface area contributed by atoms with E-state index < -0.39 is 0 Å². The maximum Gasteiger partial charge on any atom is 0.0701 e. The summed E-state index contributed by atoms with van der Waals surface area (Å²) in [5.41, 5.74) is 0. The fourth-order valence-corrected chi connectivity index (χ4v) is 0.671. The molecular formula is C12H26O5. The van der Waals surface area contributed by atoms with Gasteiger partial charge in [0, 0.05) is 0 Å². The highest BCUT2D eigenvalue weighted by Crippen LogP contribution is 1.80. The first-order valence-corrected chi connectivity index (χ1v) is 5.36. The maximum atomic E-state index is 8.36. The largest absolute Gasteiger partial charge is 0.394 e.